The second-order valence-electron chi connectivity index (χ2n) is 6.13. The lowest BCUT2D eigenvalue weighted by Gasteiger charge is -2.04. The van der Waals surface area contributed by atoms with E-state index in [1.165, 1.54) is 7.11 Å². The number of methoxy groups -OCH3 is 1. The molecule has 0 aliphatic rings. The van der Waals surface area contributed by atoms with Crippen LogP contribution in [-0.2, 0) is 22.5 Å². The van der Waals surface area contributed by atoms with E-state index in [9.17, 15) is 9.59 Å². The van der Waals surface area contributed by atoms with Crippen LogP contribution in [0.25, 0.3) is 0 Å². The summed E-state index contributed by atoms with van der Waals surface area (Å²) >= 11 is 3.40. The van der Waals surface area contributed by atoms with Gasteiger partial charge >= 0.3 is 5.97 Å². The molecule has 0 atom stereocenters. The summed E-state index contributed by atoms with van der Waals surface area (Å²) in [6.45, 7) is 0.572. The highest BCUT2D eigenvalue weighted by atomic mass is 79.9. The van der Waals surface area contributed by atoms with Crippen LogP contribution in [-0.4, -0.2) is 33.8 Å². The first-order valence-electron chi connectivity index (χ1n) is 8.64. The van der Waals surface area contributed by atoms with E-state index >= 15 is 0 Å². The molecule has 0 aliphatic heterocycles. The third-order valence-corrected chi connectivity index (χ3v) is 4.59. The molecule has 0 saturated carbocycles. The molecule has 1 aromatic heterocycles. The Hall–Kier alpha value is -3.00. The summed E-state index contributed by atoms with van der Waals surface area (Å²) in [5.74, 6) is -0.268. The van der Waals surface area contributed by atoms with Crippen molar-refractivity contribution >= 4 is 33.8 Å². The number of carbonyl (C=O) groups is 2. The van der Waals surface area contributed by atoms with Gasteiger partial charge in [-0.15, -0.1) is 5.10 Å². The number of esters is 1. The third kappa shape index (κ3) is 5.50. The van der Waals surface area contributed by atoms with Gasteiger partial charge in [0.05, 0.1) is 19.2 Å². The number of hydrogen-bond donors (Lipinski definition) is 1. The third-order valence-electron chi connectivity index (χ3n) is 4.06. The lowest BCUT2D eigenvalue weighted by molar-refractivity contribution is -0.116. The first-order valence-corrected chi connectivity index (χ1v) is 9.44. The molecule has 8 heteroatoms. The van der Waals surface area contributed by atoms with Gasteiger partial charge in [0.2, 0.25) is 11.9 Å². The molecule has 0 bridgehead atoms. The quantitative estimate of drug-likeness (QED) is 0.566. The first-order chi connectivity index (χ1) is 13.5. The van der Waals surface area contributed by atoms with Crippen molar-refractivity contribution in [1.82, 2.24) is 14.8 Å². The predicted octanol–water partition coefficient (Wildman–Crippen LogP) is 3.45. The molecule has 28 heavy (non-hydrogen) atoms. The SMILES string of the molecule is COC(=O)c1ccc(CCC(=O)Nc2ncn(Cc3ccc(Br)cc3)n2)cc1. The lowest BCUT2D eigenvalue weighted by atomic mass is 10.1. The molecular formula is C20H19BrN4O3. The number of aryl methyl sites for hydroxylation is 1. The fourth-order valence-electron chi connectivity index (χ4n) is 2.58. The summed E-state index contributed by atoms with van der Waals surface area (Å²) < 4.78 is 7.35. The minimum Gasteiger partial charge on any atom is -0.465 e. The smallest absolute Gasteiger partial charge is 0.337 e. The highest BCUT2D eigenvalue weighted by molar-refractivity contribution is 9.10. The summed E-state index contributed by atoms with van der Waals surface area (Å²) in [6.07, 6.45) is 2.43. The summed E-state index contributed by atoms with van der Waals surface area (Å²) in [5.41, 5.74) is 2.52. The van der Waals surface area contributed by atoms with Crippen molar-refractivity contribution in [2.75, 3.05) is 12.4 Å². The molecule has 7 nitrogen and oxygen atoms in total. The van der Waals surface area contributed by atoms with E-state index in [-0.39, 0.29) is 17.8 Å². The van der Waals surface area contributed by atoms with Gasteiger partial charge in [-0.05, 0) is 41.8 Å². The topological polar surface area (TPSA) is 86.1 Å². The predicted molar refractivity (Wildman–Crippen MR) is 108 cm³/mol. The summed E-state index contributed by atoms with van der Waals surface area (Å²) in [6, 6.07) is 14.9. The summed E-state index contributed by atoms with van der Waals surface area (Å²) in [4.78, 5) is 27.7. The number of rotatable bonds is 7. The van der Waals surface area contributed by atoms with E-state index in [4.69, 9.17) is 0 Å². The number of anilines is 1. The molecule has 0 spiro atoms. The van der Waals surface area contributed by atoms with Gasteiger partial charge in [0, 0.05) is 10.9 Å². The highest BCUT2D eigenvalue weighted by Gasteiger charge is 2.09. The van der Waals surface area contributed by atoms with Gasteiger partial charge in [-0.3, -0.25) is 10.1 Å². The Morgan fingerprint density at radius 1 is 1.07 bits per heavy atom. The van der Waals surface area contributed by atoms with Crippen molar-refractivity contribution in [2.45, 2.75) is 19.4 Å². The number of aromatic nitrogens is 3. The molecule has 1 N–H and O–H groups in total. The molecular weight excluding hydrogens is 424 g/mol. The molecule has 0 saturated heterocycles. The zero-order valence-electron chi connectivity index (χ0n) is 15.3. The first kappa shape index (κ1) is 19.8. The number of halogens is 1. The average molecular weight is 443 g/mol. The Balaban J connectivity index is 1.49. The van der Waals surface area contributed by atoms with Crippen molar-refractivity contribution in [2.24, 2.45) is 0 Å². The summed E-state index contributed by atoms with van der Waals surface area (Å²) in [5, 5.41) is 6.98. The van der Waals surface area contributed by atoms with Gasteiger partial charge in [0.1, 0.15) is 6.33 Å². The van der Waals surface area contributed by atoms with Crippen LogP contribution < -0.4 is 5.32 Å². The monoisotopic (exact) mass is 442 g/mol. The molecule has 3 rings (SSSR count). The van der Waals surface area contributed by atoms with Crippen molar-refractivity contribution < 1.29 is 14.3 Å². The Morgan fingerprint density at radius 2 is 1.75 bits per heavy atom. The molecule has 1 heterocycles. The minimum atomic E-state index is -0.380. The number of nitrogens with zero attached hydrogens (tertiary/aromatic N) is 3. The largest absolute Gasteiger partial charge is 0.465 e. The second kappa shape index (κ2) is 9.27. The van der Waals surface area contributed by atoms with Crippen LogP contribution in [0.2, 0.25) is 0 Å². The van der Waals surface area contributed by atoms with Gasteiger partial charge < -0.3 is 4.74 Å². The average Bonchev–Trinajstić information content (AvgIpc) is 3.14. The van der Waals surface area contributed by atoms with Crippen molar-refractivity contribution in [1.29, 1.82) is 0 Å². The van der Waals surface area contributed by atoms with E-state index in [0.29, 0.717) is 24.9 Å². The number of nitrogens with one attached hydrogen (secondary N) is 1. The maximum atomic E-state index is 12.1. The molecule has 0 radical (unpaired) electrons. The Morgan fingerprint density at radius 3 is 2.43 bits per heavy atom. The molecule has 0 fully saturated rings. The van der Waals surface area contributed by atoms with Gasteiger partial charge in [-0.1, -0.05) is 40.2 Å². The van der Waals surface area contributed by atoms with Crippen LogP contribution in [0.5, 0.6) is 0 Å². The Labute approximate surface area is 170 Å². The van der Waals surface area contributed by atoms with E-state index in [2.05, 4.69) is 36.1 Å². The van der Waals surface area contributed by atoms with E-state index in [0.717, 1.165) is 15.6 Å². The van der Waals surface area contributed by atoms with Gasteiger partial charge in [0.25, 0.3) is 0 Å². The molecule has 1 amide bonds. The highest BCUT2D eigenvalue weighted by Crippen LogP contribution is 2.12. The fraction of sp³-hybridized carbons (Fsp3) is 0.200. The molecule has 0 unspecified atom stereocenters. The van der Waals surface area contributed by atoms with E-state index in [1.807, 2.05) is 36.4 Å². The van der Waals surface area contributed by atoms with Crippen LogP contribution in [0.4, 0.5) is 5.95 Å². The maximum absolute atomic E-state index is 12.1. The molecule has 0 aliphatic carbocycles. The Bertz CT molecular complexity index is 952. The number of hydrogen-bond acceptors (Lipinski definition) is 5. The zero-order valence-corrected chi connectivity index (χ0v) is 16.8. The van der Waals surface area contributed by atoms with Crippen molar-refractivity contribution in [3.63, 3.8) is 0 Å². The Kier molecular flexibility index (Phi) is 6.54. The normalized spacial score (nSPS) is 10.5. The van der Waals surface area contributed by atoms with Crippen LogP contribution in [0.1, 0.15) is 27.9 Å². The molecule has 144 valence electrons. The van der Waals surface area contributed by atoms with Crippen LogP contribution >= 0.6 is 15.9 Å². The minimum absolute atomic E-state index is 0.168. The van der Waals surface area contributed by atoms with Crippen LogP contribution in [0.15, 0.2) is 59.3 Å². The zero-order chi connectivity index (χ0) is 19.9. The van der Waals surface area contributed by atoms with Gasteiger partial charge in [-0.25, -0.2) is 14.5 Å². The van der Waals surface area contributed by atoms with Crippen LogP contribution in [0, 0.1) is 0 Å². The van der Waals surface area contributed by atoms with E-state index in [1.54, 1.807) is 23.1 Å². The second-order valence-corrected chi connectivity index (χ2v) is 7.04. The van der Waals surface area contributed by atoms with Crippen LogP contribution in [0.3, 0.4) is 0 Å². The number of benzene rings is 2. The van der Waals surface area contributed by atoms with Gasteiger partial charge in [-0.2, -0.15) is 0 Å². The molecule has 2 aromatic carbocycles. The lowest BCUT2D eigenvalue weighted by Crippen LogP contribution is -2.14. The van der Waals surface area contributed by atoms with E-state index < -0.39 is 0 Å². The number of amides is 1. The van der Waals surface area contributed by atoms with Crippen molar-refractivity contribution in [3.05, 3.63) is 76.0 Å². The number of ether oxygens (including phenoxy) is 1. The molecule has 3 aromatic rings. The fourth-order valence-corrected chi connectivity index (χ4v) is 2.84. The number of carbonyl (C=O) groups excluding carboxylic acids is 2. The standard InChI is InChI=1S/C20H19BrN4O3/c1-28-19(27)16-7-2-14(3-8-16)6-11-18(26)23-20-22-13-25(24-20)12-15-4-9-17(21)10-5-15/h2-5,7-10,13H,6,11-12H2,1H3,(H,23,24,26). The van der Waals surface area contributed by atoms with Crippen molar-refractivity contribution in [3.8, 4) is 0 Å². The maximum Gasteiger partial charge on any atom is 0.337 e. The van der Waals surface area contributed by atoms with Gasteiger partial charge in [0.15, 0.2) is 0 Å². The summed E-state index contributed by atoms with van der Waals surface area (Å²) in [7, 11) is 1.34.